The van der Waals surface area contributed by atoms with Crippen LogP contribution < -0.4 is 4.18 Å². The third-order valence-corrected chi connectivity index (χ3v) is 5.68. The second-order valence-electron chi connectivity index (χ2n) is 4.94. The molecule has 0 amide bonds. The second kappa shape index (κ2) is 5.90. The van der Waals surface area contributed by atoms with Crippen molar-refractivity contribution in [2.75, 3.05) is 0 Å². The van der Waals surface area contributed by atoms with Crippen molar-refractivity contribution in [1.29, 1.82) is 0 Å². The molecule has 3 aromatic rings. The Bertz CT molecular complexity index is 1110. The van der Waals surface area contributed by atoms with Crippen LogP contribution in [-0.4, -0.2) is 21.4 Å². The summed E-state index contributed by atoms with van der Waals surface area (Å²) in [6.45, 7) is 0. The van der Waals surface area contributed by atoms with Crippen LogP contribution in [0.1, 0.15) is 0 Å². The summed E-state index contributed by atoms with van der Waals surface area (Å²) in [5, 5.41) is 1.33. The highest BCUT2D eigenvalue weighted by Gasteiger charge is 2.27. The van der Waals surface area contributed by atoms with Crippen LogP contribution >= 0.6 is 0 Å². The number of hydrogen-bond donors (Lipinski definition) is 1. The van der Waals surface area contributed by atoms with Gasteiger partial charge >= 0.3 is 10.1 Å². The topological polar surface area (TPSA) is 97.7 Å². The zero-order chi connectivity index (χ0) is 17.4. The van der Waals surface area contributed by atoms with Crippen molar-refractivity contribution in [3.05, 3.63) is 66.7 Å². The minimum Gasteiger partial charge on any atom is -0.378 e. The fourth-order valence-electron chi connectivity index (χ4n) is 2.30. The summed E-state index contributed by atoms with van der Waals surface area (Å²) in [5.74, 6) is 0.0678. The summed E-state index contributed by atoms with van der Waals surface area (Å²) in [6, 6.07) is 16.6. The first-order chi connectivity index (χ1) is 11.3. The Morgan fingerprint density at radius 2 is 1.29 bits per heavy atom. The van der Waals surface area contributed by atoms with Gasteiger partial charge < -0.3 is 4.18 Å². The van der Waals surface area contributed by atoms with E-state index in [0.717, 1.165) is 17.5 Å². The number of hydrogen-bond acceptors (Lipinski definition) is 5. The molecule has 0 bridgehead atoms. The van der Waals surface area contributed by atoms with Crippen LogP contribution in [0.25, 0.3) is 10.8 Å². The SMILES string of the molecule is O=S(=O)(O)c1ccccc1S(=O)(=O)Oc1cccc2ccccc12. The molecule has 3 rings (SSSR count). The molecule has 24 heavy (non-hydrogen) atoms. The van der Waals surface area contributed by atoms with Crippen molar-refractivity contribution in [3.8, 4) is 5.75 Å². The maximum Gasteiger partial charge on any atom is 0.340 e. The van der Waals surface area contributed by atoms with Crippen molar-refractivity contribution in [2.45, 2.75) is 9.79 Å². The van der Waals surface area contributed by atoms with Gasteiger partial charge in [0, 0.05) is 5.39 Å². The van der Waals surface area contributed by atoms with Gasteiger partial charge in [-0.2, -0.15) is 16.8 Å². The average Bonchev–Trinajstić information content (AvgIpc) is 2.54. The van der Waals surface area contributed by atoms with Crippen LogP contribution in [0.4, 0.5) is 0 Å². The Hall–Kier alpha value is -2.42. The lowest BCUT2D eigenvalue weighted by Crippen LogP contribution is -2.14. The first kappa shape index (κ1) is 16.4. The second-order valence-corrected chi connectivity index (χ2v) is 7.84. The average molecular weight is 364 g/mol. The summed E-state index contributed by atoms with van der Waals surface area (Å²) >= 11 is 0. The summed E-state index contributed by atoms with van der Waals surface area (Å²) in [6.07, 6.45) is 0. The van der Waals surface area contributed by atoms with Crippen LogP contribution in [0, 0.1) is 0 Å². The molecule has 0 fully saturated rings. The van der Waals surface area contributed by atoms with Crippen molar-refractivity contribution >= 4 is 31.0 Å². The largest absolute Gasteiger partial charge is 0.378 e. The maximum absolute atomic E-state index is 12.5. The molecule has 3 aromatic carbocycles. The van der Waals surface area contributed by atoms with Gasteiger partial charge in [0.15, 0.2) is 5.75 Å². The Morgan fingerprint density at radius 1 is 0.708 bits per heavy atom. The lowest BCUT2D eigenvalue weighted by Gasteiger charge is -2.11. The third-order valence-electron chi connectivity index (χ3n) is 3.35. The summed E-state index contributed by atoms with van der Waals surface area (Å²) in [4.78, 5) is -1.36. The Labute approximate surface area is 139 Å². The van der Waals surface area contributed by atoms with Crippen LogP contribution in [-0.2, 0) is 20.2 Å². The molecule has 0 unspecified atom stereocenters. The zero-order valence-corrected chi connectivity index (χ0v) is 13.8. The number of benzene rings is 3. The molecule has 0 atom stereocenters. The molecule has 0 aromatic heterocycles. The molecule has 6 nitrogen and oxygen atoms in total. The minimum absolute atomic E-state index is 0.0678. The molecule has 8 heteroatoms. The van der Waals surface area contributed by atoms with Gasteiger partial charge in [-0.15, -0.1) is 0 Å². The molecule has 0 aliphatic carbocycles. The smallest absolute Gasteiger partial charge is 0.340 e. The van der Waals surface area contributed by atoms with E-state index in [9.17, 15) is 21.4 Å². The van der Waals surface area contributed by atoms with Gasteiger partial charge in [-0.25, -0.2) is 0 Å². The predicted octanol–water partition coefficient (Wildman–Crippen LogP) is 2.85. The molecule has 0 radical (unpaired) electrons. The van der Waals surface area contributed by atoms with Crippen LogP contribution in [0.2, 0.25) is 0 Å². The normalized spacial score (nSPS) is 12.2. The van der Waals surface area contributed by atoms with Crippen molar-refractivity contribution in [3.63, 3.8) is 0 Å². The van der Waals surface area contributed by atoms with Gasteiger partial charge in [-0.05, 0) is 23.6 Å². The third kappa shape index (κ3) is 3.12. The standard InChI is InChI=1S/C16H12O6S2/c17-23(18,19)15-10-3-4-11-16(15)24(20,21)22-14-9-5-7-12-6-1-2-8-13(12)14/h1-11H,(H,17,18,19). The summed E-state index contributed by atoms with van der Waals surface area (Å²) < 4.78 is 62.2. The molecule has 0 aliphatic heterocycles. The molecule has 0 aliphatic rings. The quantitative estimate of drug-likeness (QED) is 0.565. The minimum atomic E-state index is -4.71. The van der Waals surface area contributed by atoms with E-state index in [1.54, 1.807) is 36.4 Å². The molecular weight excluding hydrogens is 352 g/mol. The molecule has 0 spiro atoms. The van der Waals surface area contributed by atoms with Gasteiger partial charge in [0.25, 0.3) is 10.1 Å². The molecule has 124 valence electrons. The van der Waals surface area contributed by atoms with Gasteiger partial charge in [-0.1, -0.05) is 48.5 Å². The maximum atomic E-state index is 12.5. The van der Waals surface area contributed by atoms with E-state index in [-0.39, 0.29) is 5.75 Å². The lowest BCUT2D eigenvalue weighted by atomic mass is 10.1. The number of fused-ring (bicyclic) bond motifs is 1. The summed E-state index contributed by atoms with van der Waals surface area (Å²) in [7, 11) is -9.17. The molecule has 0 saturated carbocycles. The van der Waals surface area contributed by atoms with Crippen LogP contribution in [0.15, 0.2) is 76.5 Å². The molecule has 0 heterocycles. The summed E-state index contributed by atoms with van der Waals surface area (Å²) in [5.41, 5.74) is 0. The fourth-order valence-corrected chi connectivity index (χ4v) is 4.53. The fraction of sp³-hybridized carbons (Fsp3) is 0. The number of rotatable bonds is 4. The first-order valence-electron chi connectivity index (χ1n) is 6.78. The Morgan fingerprint density at radius 3 is 2.00 bits per heavy atom. The lowest BCUT2D eigenvalue weighted by molar-refractivity contribution is 0.469. The predicted molar refractivity (Wildman–Crippen MR) is 88.0 cm³/mol. The van der Waals surface area contributed by atoms with E-state index in [0.29, 0.717) is 5.39 Å². The van der Waals surface area contributed by atoms with E-state index in [1.807, 2.05) is 0 Å². The molecule has 1 N–H and O–H groups in total. The van der Waals surface area contributed by atoms with Crippen molar-refractivity contribution < 1.29 is 25.6 Å². The molecular formula is C16H12O6S2. The van der Waals surface area contributed by atoms with E-state index in [1.165, 1.54) is 18.2 Å². The van der Waals surface area contributed by atoms with E-state index in [2.05, 4.69) is 0 Å². The van der Waals surface area contributed by atoms with E-state index in [4.69, 9.17) is 4.18 Å². The van der Waals surface area contributed by atoms with Crippen LogP contribution in [0.5, 0.6) is 5.75 Å². The van der Waals surface area contributed by atoms with Gasteiger partial charge in [0.1, 0.15) is 9.79 Å². The highest BCUT2D eigenvalue weighted by atomic mass is 32.2. The van der Waals surface area contributed by atoms with E-state index >= 15 is 0 Å². The van der Waals surface area contributed by atoms with Gasteiger partial charge in [-0.3, -0.25) is 4.55 Å². The zero-order valence-electron chi connectivity index (χ0n) is 12.2. The van der Waals surface area contributed by atoms with Crippen molar-refractivity contribution in [1.82, 2.24) is 0 Å². The highest BCUT2D eigenvalue weighted by molar-refractivity contribution is 7.89. The first-order valence-corrected chi connectivity index (χ1v) is 9.63. The van der Waals surface area contributed by atoms with Crippen LogP contribution in [0.3, 0.4) is 0 Å². The highest BCUT2D eigenvalue weighted by Crippen LogP contribution is 2.29. The van der Waals surface area contributed by atoms with Gasteiger partial charge in [0.05, 0.1) is 0 Å². The molecule has 0 saturated heterocycles. The Balaban J connectivity index is 2.14. The Kier molecular flexibility index (Phi) is 4.04. The van der Waals surface area contributed by atoms with Gasteiger partial charge in [0.2, 0.25) is 0 Å². The monoisotopic (exact) mass is 364 g/mol. The van der Waals surface area contributed by atoms with E-state index < -0.39 is 30.0 Å². The van der Waals surface area contributed by atoms with Crippen molar-refractivity contribution in [2.24, 2.45) is 0 Å².